The number of carbonyl (C=O) groups excluding carboxylic acids is 2. The lowest BCUT2D eigenvalue weighted by atomic mass is 10.1. The summed E-state index contributed by atoms with van der Waals surface area (Å²) in [6.45, 7) is 1.29. The number of carbonyl (C=O) groups is 2. The van der Waals surface area contributed by atoms with Gasteiger partial charge in [0.05, 0.1) is 17.7 Å². The summed E-state index contributed by atoms with van der Waals surface area (Å²) < 4.78 is 36.0. The molecule has 0 spiro atoms. The van der Waals surface area contributed by atoms with E-state index in [1.165, 1.54) is 0 Å². The molecule has 130 valence electrons. The number of anilines is 1. The Morgan fingerprint density at radius 3 is 2.56 bits per heavy atom. The van der Waals surface area contributed by atoms with Crippen LogP contribution in [0.3, 0.4) is 0 Å². The molecule has 0 amide bonds. The van der Waals surface area contributed by atoms with E-state index < -0.39 is 30.2 Å². The number of ether oxygens (including phenoxy) is 2. The summed E-state index contributed by atoms with van der Waals surface area (Å²) in [5.41, 5.74) is 5.60. The fourth-order valence-corrected chi connectivity index (χ4v) is 2.87. The predicted molar refractivity (Wildman–Crippen MR) is 84.9 cm³/mol. The van der Waals surface area contributed by atoms with Gasteiger partial charge < -0.3 is 15.2 Å². The van der Waals surface area contributed by atoms with E-state index in [4.69, 9.17) is 20.5 Å². The van der Waals surface area contributed by atoms with Gasteiger partial charge >= 0.3 is 11.9 Å². The number of thiophene rings is 1. The van der Waals surface area contributed by atoms with E-state index in [0.717, 1.165) is 23.5 Å². The molecular formula is C16H12F2N2O4S. The number of rotatable bonds is 5. The molecule has 2 N–H and O–H groups in total. The lowest BCUT2D eigenvalue weighted by molar-refractivity contribution is 0.0452. The van der Waals surface area contributed by atoms with Gasteiger partial charge in [0.15, 0.2) is 11.6 Å². The number of nitrogens with two attached hydrogens (primary N) is 1. The summed E-state index contributed by atoms with van der Waals surface area (Å²) in [5, 5.41) is 9.25. The van der Waals surface area contributed by atoms with Crippen molar-refractivity contribution in [3.05, 3.63) is 51.4 Å². The molecule has 25 heavy (non-hydrogen) atoms. The smallest absolute Gasteiger partial charge is 0.348 e. The number of hydrogen-bond acceptors (Lipinski definition) is 7. The first-order chi connectivity index (χ1) is 11.9. The molecule has 0 aliphatic heterocycles. The van der Waals surface area contributed by atoms with Crippen molar-refractivity contribution in [3.63, 3.8) is 0 Å². The number of nitrogen functional groups attached to an aromatic ring is 1. The van der Waals surface area contributed by atoms with E-state index in [0.29, 0.717) is 6.07 Å². The van der Waals surface area contributed by atoms with Gasteiger partial charge in [-0.25, -0.2) is 18.4 Å². The normalized spacial score (nSPS) is 10.2. The van der Waals surface area contributed by atoms with Crippen molar-refractivity contribution in [1.82, 2.24) is 0 Å². The molecule has 0 atom stereocenters. The number of hydrogen-bond donors (Lipinski definition) is 1. The average molecular weight is 366 g/mol. The number of nitrogens with zero attached hydrogens (tertiary/aromatic N) is 1. The van der Waals surface area contributed by atoms with Crippen LogP contribution in [0.1, 0.15) is 38.1 Å². The van der Waals surface area contributed by atoms with Crippen molar-refractivity contribution in [2.24, 2.45) is 0 Å². The van der Waals surface area contributed by atoms with E-state index >= 15 is 0 Å². The highest BCUT2D eigenvalue weighted by atomic mass is 32.1. The van der Waals surface area contributed by atoms with Crippen molar-refractivity contribution in [1.29, 1.82) is 5.26 Å². The van der Waals surface area contributed by atoms with Crippen LogP contribution in [0, 0.1) is 23.0 Å². The van der Waals surface area contributed by atoms with Crippen LogP contribution in [0.4, 0.5) is 13.8 Å². The Morgan fingerprint density at radius 1 is 1.24 bits per heavy atom. The van der Waals surface area contributed by atoms with Gasteiger partial charge in [-0.05, 0) is 25.1 Å². The highest BCUT2D eigenvalue weighted by molar-refractivity contribution is 7.18. The van der Waals surface area contributed by atoms with Crippen LogP contribution in [0.5, 0.6) is 0 Å². The Morgan fingerprint density at radius 2 is 1.96 bits per heavy atom. The standard InChI is InChI=1S/C16H12F2N2O4S/c1-2-23-16(22)13-10(9(6-19)14(20)25-13)7-24-15(21)8-3-4-11(17)12(18)5-8/h3-5H,2,7,20H2,1H3. The third-order valence-electron chi connectivity index (χ3n) is 3.11. The van der Waals surface area contributed by atoms with Crippen molar-refractivity contribution in [2.75, 3.05) is 12.3 Å². The Bertz CT molecular complexity index is 874. The molecule has 0 saturated heterocycles. The molecule has 1 aromatic heterocycles. The van der Waals surface area contributed by atoms with Crippen molar-refractivity contribution < 1.29 is 27.8 Å². The molecule has 0 aliphatic carbocycles. The second-order valence-corrected chi connectivity index (χ2v) is 5.74. The van der Waals surface area contributed by atoms with Crippen LogP contribution < -0.4 is 5.73 Å². The molecule has 2 rings (SSSR count). The van der Waals surface area contributed by atoms with Gasteiger partial charge in [-0.1, -0.05) is 0 Å². The van der Waals surface area contributed by atoms with E-state index in [-0.39, 0.29) is 33.2 Å². The van der Waals surface area contributed by atoms with Crippen molar-refractivity contribution in [2.45, 2.75) is 13.5 Å². The molecule has 1 aromatic carbocycles. The summed E-state index contributed by atoms with van der Waals surface area (Å²) in [6, 6.07) is 4.38. The fraction of sp³-hybridized carbons (Fsp3) is 0.188. The van der Waals surface area contributed by atoms with Gasteiger partial charge in [0.1, 0.15) is 22.6 Å². The van der Waals surface area contributed by atoms with Gasteiger partial charge in [0, 0.05) is 5.56 Å². The number of esters is 2. The van der Waals surface area contributed by atoms with Gasteiger partial charge in [-0.3, -0.25) is 0 Å². The minimum absolute atomic E-state index is 0.00568. The summed E-state index contributed by atoms with van der Waals surface area (Å²) in [5.74, 6) is -3.93. The van der Waals surface area contributed by atoms with Crippen LogP contribution in [-0.2, 0) is 16.1 Å². The molecule has 0 fully saturated rings. The largest absolute Gasteiger partial charge is 0.462 e. The minimum Gasteiger partial charge on any atom is -0.462 e. The van der Waals surface area contributed by atoms with Crippen molar-refractivity contribution in [3.8, 4) is 6.07 Å². The molecular weight excluding hydrogens is 354 g/mol. The monoisotopic (exact) mass is 366 g/mol. The van der Waals surface area contributed by atoms with Crippen molar-refractivity contribution >= 4 is 28.3 Å². The van der Waals surface area contributed by atoms with Crippen LogP contribution in [0.2, 0.25) is 0 Å². The van der Waals surface area contributed by atoms with Crippen LogP contribution in [0.15, 0.2) is 18.2 Å². The molecule has 0 saturated carbocycles. The summed E-state index contributed by atoms with van der Waals surface area (Å²) in [4.78, 5) is 23.9. The minimum atomic E-state index is -1.20. The number of halogens is 2. The Hall–Kier alpha value is -2.99. The molecule has 0 unspecified atom stereocenters. The first-order valence-electron chi connectivity index (χ1n) is 6.99. The van der Waals surface area contributed by atoms with E-state index in [1.807, 2.05) is 6.07 Å². The van der Waals surface area contributed by atoms with E-state index in [9.17, 15) is 18.4 Å². The third-order valence-corrected chi connectivity index (χ3v) is 4.15. The first-order valence-corrected chi connectivity index (χ1v) is 7.81. The molecule has 0 aliphatic rings. The lowest BCUT2D eigenvalue weighted by Gasteiger charge is -2.07. The SMILES string of the molecule is CCOC(=O)c1sc(N)c(C#N)c1COC(=O)c1ccc(F)c(F)c1. The quantitative estimate of drug-likeness (QED) is 0.816. The zero-order chi connectivity index (χ0) is 18.6. The Kier molecular flexibility index (Phi) is 5.67. The number of benzene rings is 1. The maximum Gasteiger partial charge on any atom is 0.348 e. The maximum atomic E-state index is 13.2. The van der Waals surface area contributed by atoms with Crippen LogP contribution >= 0.6 is 11.3 Å². The molecule has 0 radical (unpaired) electrons. The molecule has 1 heterocycles. The third kappa shape index (κ3) is 3.92. The number of nitriles is 1. The second kappa shape index (κ2) is 7.72. The van der Waals surface area contributed by atoms with Gasteiger partial charge in [-0.15, -0.1) is 11.3 Å². The second-order valence-electron chi connectivity index (χ2n) is 4.69. The van der Waals surface area contributed by atoms with Gasteiger partial charge in [-0.2, -0.15) is 5.26 Å². The average Bonchev–Trinajstić information content (AvgIpc) is 2.91. The highest BCUT2D eigenvalue weighted by Crippen LogP contribution is 2.32. The lowest BCUT2D eigenvalue weighted by Crippen LogP contribution is -2.10. The molecule has 9 heteroatoms. The highest BCUT2D eigenvalue weighted by Gasteiger charge is 2.24. The van der Waals surface area contributed by atoms with E-state index in [1.54, 1.807) is 6.92 Å². The van der Waals surface area contributed by atoms with E-state index in [2.05, 4.69) is 0 Å². The summed E-state index contributed by atoms with van der Waals surface area (Å²) in [7, 11) is 0. The topological polar surface area (TPSA) is 102 Å². The van der Waals surface area contributed by atoms with Gasteiger partial charge in [0.25, 0.3) is 0 Å². The first kappa shape index (κ1) is 18.4. The Labute approximate surface area is 145 Å². The predicted octanol–water partition coefficient (Wildman–Crippen LogP) is 3.01. The summed E-state index contributed by atoms with van der Waals surface area (Å²) in [6.07, 6.45) is 0. The zero-order valence-electron chi connectivity index (χ0n) is 13.0. The zero-order valence-corrected chi connectivity index (χ0v) is 13.8. The maximum absolute atomic E-state index is 13.2. The Balaban J connectivity index is 2.24. The van der Waals surface area contributed by atoms with Crippen LogP contribution in [0.25, 0.3) is 0 Å². The molecule has 2 aromatic rings. The van der Waals surface area contributed by atoms with Crippen LogP contribution in [-0.4, -0.2) is 18.5 Å². The fourth-order valence-electron chi connectivity index (χ4n) is 1.95. The molecule has 6 nitrogen and oxygen atoms in total. The molecule has 0 bridgehead atoms. The summed E-state index contributed by atoms with van der Waals surface area (Å²) >= 11 is 0.845. The van der Waals surface area contributed by atoms with Gasteiger partial charge in [0.2, 0.25) is 0 Å².